The summed E-state index contributed by atoms with van der Waals surface area (Å²) in [7, 11) is 0. The fourth-order valence-corrected chi connectivity index (χ4v) is 0.976. The van der Waals surface area contributed by atoms with E-state index in [9.17, 15) is 9.59 Å². The van der Waals surface area contributed by atoms with Crippen LogP contribution in [0.15, 0.2) is 18.6 Å². The molecule has 0 unspecified atom stereocenters. The first-order valence-corrected chi connectivity index (χ1v) is 4.81. The molecular weight excluding hydrogens is 208 g/mol. The Hall–Kier alpha value is -1.91. The SMILES string of the molecule is CC(C)(C)OC(=O)n1cnc(/C=C/C=O)c1. The highest BCUT2D eigenvalue weighted by Gasteiger charge is 2.17. The molecule has 0 aromatic carbocycles. The largest absolute Gasteiger partial charge is 0.443 e. The van der Waals surface area contributed by atoms with Gasteiger partial charge in [-0.05, 0) is 32.9 Å². The Morgan fingerprint density at radius 1 is 1.50 bits per heavy atom. The van der Waals surface area contributed by atoms with Crippen molar-refractivity contribution in [2.75, 3.05) is 0 Å². The van der Waals surface area contributed by atoms with E-state index in [0.29, 0.717) is 12.0 Å². The van der Waals surface area contributed by atoms with Crippen LogP contribution in [0, 0.1) is 0 Å². The van der Waals surface area contributed by atoms with Crippen LogP contribution in [0.25, 0.3) is 6.08 Å². The normalized spacial score (nSPS) is 11.7. The van der Waals surface area contributed by atoms with Crippen LogP contribution in [-0.4, -0.2) is 27.5 Å². The highest BCUT2D eigenvalue weighted by molar-refractivity contribution is 5.74. The smallest absolute Gasteiger partial charge is 0.419 e. The summed E-state index contributed by atoms with van der Waals surface area (Å²) in [5.41, 5.74) is -0.0156. The van der Waals surface area contributed by atoms with Gasteiger partial charge in [0.05, 0.1) is 5.69 Å². The standard InChI is InChI=1S/C11H14N2O3/c1-11(2,3)16-10(15)13-7-9(12-8-13)5-4-6-14/h4-8H,1-3H3/b5-4+. The Balaban J connectivity index is 2.74. The highest BCUT2D eigenvalue weighted by atomic mass is 16.6. The fourth-order valence-electron chi connectivity index (χ4n) is 0.976. The van der Waals surface area contributed by atoms with Crippen LogP contribution in [0.3, 0.4) is 0 Å². The third kappa shape index (κ3) is 3.68. The lowest BCUT2D eigenvalue weighted by molar-refractivity contribution is -0.104. The van der Waals surface area contributed by atoms with Crippen molar-refractivity contribution >= 4 is 18.5 Å². The lowest BCUT2D eigenvalue weighted by Crippen LogP contribution is -2.26. The van der Waals surface area contributed by atoms with Crippen LogP contribution in [0.1, 0.15) is 26.5 Å². The second-order valence-electron chi connectivity index (χ2n) is 4.18. The van der Waals surface area contributed by atoms with Gasteiger partial charge in [-0.3, -0.25) is 4.79 Å². The van der Waals surface area contributed by atoms with Crippen molar-refractivity contribution in [3.8, 4) is 0 Å². The molecule has 0 fully saturated rings. The van der Waals surface area contributed by atoms with E-state index in [1.807, 2.05) is 0 Å². The Labute approximate surface area is 93.7 Å². The van der Waals surface area contributed by atoms with Gasteiger partial charge in [0.15, 0.2) is 0 Å². The Bertz CT molecular complexity index is 413. The highest BCUT2D eigenvalue weighted by Crippen LogP contribution is 2.09. The summed E-state index contributed by atoms with van der Waals surface area (Å²) < 4.78 is 6.36. The fraction of sp³-hybridized carbons (Fsp3) is 0.364. The zero-order valence-electron chi connectivity index (χ0n) is 9.51. The Morgan fingerprint density at radius 2 is 2.19 bits per heavy atom. The van der Waals surface area contributed by atoms with Crippen LogP contribution in [0.5, 0.6) is 0 Å². The molecule has 0 atom stereocenters. The summed E-state index contributed by atoms with van der Waals surface area (Å²) in [6.07, 6.45) is 5.81. The van der Waals surface area contributed by atoms with E-state index in [4.69, 9.17) is 4.74 Å². The number of rotatable bonds is 2. The zero-order chi connectivity index (χ0) is 12.2. The molecule has 0 radical (unpaired) electrons. The number of aromatic nitrogens is 2. The number of carbonyl (C=O) groups is 2. The van der Waals surface area contributed by atoms with Crippen LogP contribution in [0.2, 0.25) is 0 Å². The van der Waals surface area contributed by atoms with Gasteiger partial charge in [-0.1, -0.05) is 0 Å². The second-order valence-corrected chi connectivity index (χ2v) is 4.18. The predicted molar refractivity (Wildman–Crippen MR) is 59.0 cm³/mol. The van der Waals surface area contributed by atoms with Gasteiger partial charge < -0.3 is 4.74 Å². The van der Waals surface area contributed by atoms with Gasteiger partial charge in [-0.15, -0.1) is 0 Å². The van der Waals surface area contributed by atoms with Gasteiger partial charge in [0.1, 0.15) is 18.2 Å². The van der Waals surface area contributed by atoms with Gasteiger partial charge in [0.2, 0.25) is 0 Å². The van der Waals surface area contributed by atoms with Gasteiger partial charge in [0, 0.05) is 6.20 Å². The predicted octanol–water partition coefficient (Wildman–Crippen LogP) is 1.88. The van der Waals surface area contributed by atoms with E-state index in [1.54, 1.807) is 20.8 Å². The minimum Gasteiger partial charge on any atom is -0.443 e. The molecule has 1 aromatic heterocycles. The van der Waals surface area contributed by atoms with Crippen molar-refractivity contribution in [2.45, 2.75) is 26.4 Å². The monoisotopic (exact) mass is 222 g/mol. The summed E-state index contributed by atoms with van der Waals surface area (Å²) >= 11 is 0. The van der Waals surface area contributed by atoms with Crippen LogP contribution < -0.4 is 0 Å². The van der Waals surface area contributed by atoms with E-state index >= 15 is 0 Å². The topological polar surface area (TPSA) is 61.2 Å². The number of carbonyl (C=O) groups excluding carboxylic acids is 2. The number of hydrogen-bond acceptors (Lipinski definition) is 4. The first-order chi connectivity index (χ1) is 7.42. The van der Waals surface area contributed by atoms with Crippen LogP contribution in [-0.2, 0) is 9.53 Å². The third-order valence-corrected chi connectivity index (χ3v) is 1.55. The molecule has 0 aliphatic heterocycles. The van der Waals surface area contributed by atoms with Crippen molar-refractivity contribution < 1.29 is 14.3 Å². The number of imidazole rings is 1. The van der Waals surface area contributed by atoms with Gasteiger partial charge in [-0.25, -0.2) is 14.3 Å². The van der Waals surface area contributed by atoms with E-state index < -0.39 is 11.7 Å². The number of aldehydes is 1. The van der Waals surface area contributed by atoms with Crippen molar-refractivity contribution in [1.29, 1.82) is 0 Å². The van der Waals surface area contributed by atoms with Gasteiger partial charge in [-0.2, -0.15) is 0 Å². The molecular formula is C11H14N2O3. The molecule has 0 N–H and O–H groups in total. The summed E-state index contributed by atoms with van der Waals surface area (Å²) in [5, 5.41) is 0. The Morgan fingerprint density at radius 3 is 2.75 bits per heavy atom. The van der Waals surface area contributed by atoms with Crippen molar-refractivity contribution in [3.63, 3.8) is 0 Å². The lowest BCUT2D eigenvalue weighted by Gasteiger charge is -2.18. The van der Waals surface area contributed by atoms with Gasteiger partial charge in [0.25, 0.3) is 0 Å². The number of nitrogens with zero attached hydrogens (tertiary/aromatic N) is 2. The van der Waals surface area contributed by atoms with E-state index in [1.165, 1.54) is 29.2 Å². The van der Waals surface area contributed by atoms with Crippen LogP contribution >= 0.6 is 0 Å². The Kier molecular flexibility index (Phi) is 3.60. The lowest BCUT2D eigenvalue weighted by atomic mass is 10.2. The average molecular weight is 222 g/mol. The molecule has 0 spiro atoms. The maximum absolute atomic E-state index is 11.6. The molecule has 0 saturated carbocycles. The molecule has 0 aliphatic rings. The number of hydrogen-bond donors (Lipinski definition) is 0. The molecule has 1 heterocycles. The third-order valence-electron chi connectivity index (χ3n) is 1.55. The molecule has 86 valence electrons. The zero-order valence-corrected chi connectivity index (χ0v) is 9.51. The minimum atomic E-state index is -0.542. The molecule has 5 heteroatoms. The van der Waals surface area contributed by atoms with E-state index in [-0.39, 0.29) is 0 Å². The summed E-state index contributed by atoms with van der Waals surface area (Å²) in [5.74, 6) is 0. The minimum absolute atomic E-state index is 0.495. The summed E-state index contributed by atoms with van der Waals surface area (Å²) in [6, 6.07) is 0. The molecule has 5 nitrogen and oxygen atoms in total. The maximum Gasteiger partial charge on any atom is 0.419 e. The van der Waals surface area contributed by atoms with E-state index in [2.05, 4.69) is 4.98 Å². The first kappa shape index (κ1) is 12.2. The molecule has 1 rings (SSSR count). The first-order valence-electron chi connectivity index (χ1n) is 4.81. The molecule has 0 amide bonds. The van der Waals surface area contributed by atoms with Crippen molar-refractivity contribution in [1.82, 2.24) is 9.55 Å². The molecule has 0 bridgehead atoms. The summed E-state index contributed by atoms with van der Waals surface area (Å²) in [6.45, 7) is 5.36. The molecule has 1 aromatic rings. The van der Waals surface area contributed by atoms with Gasteiger partial charge >= 0.3 is 6.09 Å². The maximum atomic E-state index is 11.6. The average Bonchev–Trinajstić information content (AvgIpc) is 2.60. The summed E-state index contributed by atoms with van der Waals surface area (Å²) in [4.78, 5) is 25.6. The molecule has 0 saturated heterocycles. The molecule has 16 heavy (non-hydrogen) atoms. The van der Waals surface area contributed by atoms with Crippen molar-refractivity contribution in [3.05, 3.63) is 24.3 Å². The quantitative estimate of drug-likeness (QED) is 0.566. The number of ether oxygens (including phenoxy) is 1. The van der Waals surface area contributed by atoms with E-state index in [0.717, 1.165) is 0 Å². The van der Waals surface area contributed by atoms with Crippen LogP contribution in [0.4, 0.5) is 4.79 Å². The van der Waals surface area contributed by atoms with Crippen molar-refractivity contribution in [2.24, 2.45) is 0 Å². The second kappa shape index (κ2) is 4.74. The number of allylic oxidation sites excluding steroid dienone is 1. The molecule has 0 aliphatic carbocycles.